The second-order valence-corrected chi connectivity index (χ2v) is 3.64. The van der Waals surface area contributed by atoms with E-state index in [0.29, 0.717) is 0 Å². The first-order valence-electron chi connectivity index (χ1n) is 4.25. The van der Waals surface area contributed by atoms with Crippen LogP contribution in [0.15, 0.2) is 0 Å². The maximum atomic E-state index is 2.40. The molecule has 0 radical (unpaired) electrons. The van der Waals surface area contributed by atoms with Gasteiger partial charge in [-0.15, -0.1) is 0 Å². The summed E-state index contributed by atoms with van der Waals surface area (Å²) in [6, 6.07) is 0. The summed E-state index contributed by atoms with van der Waals surface area (Å²) in [7, 11) is 0. The minimum absolute atomic E-state index is 1.00. The molecule has 1 aliphatic rings. The minimum atomic E-state index is 1.00. The van der Waals surface area contributed by atoms with Crippen LogP contribution in [0, 0.1) is 17.8 Å². The average Bonchev–Trinajstić information content (AvgIpc) is 2.47. The first kappa shape index (κ1) is 7.11. The third-order valence-corrected chi connectivity index (χ3v) is 2.65. The van der Waals surface area contributed by atoms with Crippen molar-refractivity contribution >= 4 is 0 Å². The van der Waals surface area contributed by atoms with Gasteiger partial charge in [0, 0.05) is 0 Å². The molecule has 1 fully saturated rings. The van der Waals surface area contributed by atoms with E-state index < -0.39 is 0 Å². The van der Waals surface area contributed by atoms with Crippen molar-refractivity contribution in [2.75, 3.05) is 0 Å². The van der Waals surface area contributed by atoms with Crippen LogP contribution in [0.25, 0.3) is 0 Å². The number of hydrogen-bond donors (Lipinski definition) is 0. The molecule has 3 atom stereocenters. The van der Waals surface area contributed by atoms with Gasteiger partial charge in [0.2, 0.25) is 0 Å². The van der Waals surface area contributed by atoms with E-state index in [2.05, 4.69) is 20.8 Å². The number of hydrogen-bond acceptors (Lipinski definition) is 0. The Labute approximate surface area is 58.7 Å². The Bertz CT molecular complexity index is 86.0. The van der Waals surface area contributed by atoms with E-state index >= 15 is 0 Å². The molecule has 0 saturated heterocycles. The molecular weight excluding hydrogens is 108 g/mol. The van der Waals surface area contributed by atoms with Gasteiger partial charge in [-0.1, -0.05) is 33.6 Å². The smallest absolute Gasteiger partial charge is 0.0360 e. The molecule has 0 bridgehead atoms. The zero-order valence-electron chi connectivity index (χ0n) is 6.85. The van der Waals surface area contributed by atoms with E-state index in [4.69, 9.17) is 0 Å². The van der Waals surface area contributed by atoms with Gasteiger partial charge >= 0.3 is 0 Å². The highest BCUT2D eigenvalue weighted by Gasteiger charge is 2.36. The number of rotatable bonds is 3. The Morgan fingerprint density at radius 2 is 2.11 bits per heavy atom. The minimum Gasteiger partial charge on any atom is -0.0654 e. The molecule has 1 saturated carbocycles. The fourth-order valence-electron chi connectivity index (χ4n) is 1.81. The Hall–Kier alpha value is 0. The molecule has 0 nitrogen and oxygen atoms in total. The topological polar surface area (TPSA) is 0 Å². The lowest BCUT2D eigenvalue weighted by Gasteiger charge is -2.06. The standard InChI is InChI=1S/C9H18/c1-4-5-7(2)9-6-8(9)3/h7-9H,4-6H2,1-3H3. The van der Waals surface area contributed by atoms with Crippen molar-refractivity contribution in [2.45, 2.75) is 40.0 Å². The SMILES string of the molecule is CCCC(C)C1CC1C. The molecule has 0 aromatic rings. The van der Waals surface area contributed by atoms with Gasteiger partial charge in [0.15, 0.2) is 0 Å². The zero-order valence-corrected chi connectivity index (χ0v) is 6.85. The molecule has 0 aliphatic heterocycles. The molecule has 0 amide bonds. The van der Waals surface area contributed by atoms with Gasteiger partial charge in [-0.3, -0.25) is 0 Å². The molecule has 1 rings (SSSR count). The normalized spacial score (nSPS) is 36.3. The first-order chi connectivity index (χ1) is 4.25. The lowest BCUT2D eigenvalue weighted by Crippen LogP contribution is -1.96. The molecule has 0 aromatic carbocycles. The van der Waals surface area contributed by atoms with Crippen molar-refractivity contribution in [3.05, 3.63) is 0 Å². The summed E-state index contributed by atoms with van der Waals surface area (Å²) in [6.45, 7) is 7.05. The molecule has 9 heavy (non-hydrogen) atoms. The molecule has 0 aromatic heterocycles. The van der Waals surface area contributed by atoms with Crippen molar-refractivity contribution < 1.29 is 0 Å². The van der Waals surface area contributed by atoms with Crippen molar-refractivity contribution in [1.29, 1.82) is 0 Å². The van der Waals surface area contributed by atoms with Crippen molar-refractivity contribution in [1.82, 2.24) is 0 Å². The van der Waals surface area contributed by atoms with Crippen LogP contribution in [0.3, 0.4) is 0 Å². The van der Waals surface area contributed by atoms with Gasteiger partial charge in [-0.2, -0.15) is 0 Å². The third-order valence-electron chi connectivity index (χ3n) is 2.65. The van der Waals surface area contributed by atoms with Crippen LogP contribution in [-0.4, -0.2) is 0 Å². The highest BCUT2D eigenvalue weighted by molar-refractivity contribution is 4.85. The van der Waals surface area contributed by atoms with Crippen LogP contribution in [0.4, 0.5) is 0 Å². The fraction of sp³-hybridized carbons (Fsp3) is 1.00. The highest BCUT2D eigenvalue weighted by atomic mass is 14.4. The van der Waals surface area contributed by atoms with Gasteiger partial charge in [0.1, 0.15) is 0 Å². The summed E-state index contributed by atoms with van der Waals surface area (Å²) < 4.78 is 0. The van der Waals surface area contributed by atoms with Crippen LogP contribution >= 0.6 is 0 Å². The van der Waals surface area contributed by atoms with Crippen molar-refractivity contribution in [2.24, 2.45) is 17.8 Å². The summed E-state index contributed by atoms with van der Waals surface area (Å²) >= 11 is 0. The molecule has 1 aliphatic carbocycles. The Morgan fingerprint density at radius 1 is 1.56 bits per heavy atom. The monoisotopic (exact) mass is 126 g/mol. The maximum absolute atomic E-state index is 2.40. The largest absolute Gasteiger partial charge is 0.0654 e. The summed E-state index contributed by atoms with van der Waals surface area (Å²) in [6.07, 6.45) is 4.31. The molecule has 0 heterocycles. The Morgan fingerprint density at radius 3 is 2.44 bits per heavy atom. The van der Waals surface area contributed by atoms with Crippen molar-refractivity contribution in [3.63, 3.8) is 0 Å². The highest BCUT2D eigenvalue weighted by Crippen LogP contribution is 2.44. The maximum Gasteiger partial charge on any atom is -0.0360 e. The summed E-state index contributed by atoms with van der Waals surface area (Å²) in [4.78, 5) is 0. The summed E-state index contributed by atoms with van der Waals surface area (Å²) in [5.41, 5.74) is 0. The predicted octanol–water partition coefficient (Wildman–Crippen LogP) is 3.08. The molecule has 0 N–H and O–H groups in total. The van der Waals surface area contributed by atoms with Crippen LogP contribution in [-0.2, 0) is 0 Å². The van der Waals surface area contributed by atoms with Crippen LogP contribution in [0.1, 0.15) is 40.0 Å². The van der Waals surface area contributed by atoms with E-state index in [0.717, 1.165) is 17.8 Å². The van der Waals surface area contributed by atoms with E-state index in [-0.39, 0.29) is 0 Å². The van der Waals surface area contributed by atoms with E-state index in [1.165, 1.54) is 19.3 Å². The summed E-state index contributed by atoms with van der Waals surface area (Å²) in [5, 5.41) is 0. The molecular formula is C9H18. The second kappa shape index (κ2) is 2.72. The third kappa shape index (κ3) is 1.70. The molecule has 54 valence electrons. The summed E-state index contributed by atoms with van der Waals surface area (Å²) in [5.74, 6) is 3.14. The molecule has 0 spiro atoms. The molecule has 3 unspecified atom stereocenters. The van der Waals surface area contributed by atoms with Gasteiger partial charge in [-0.05, 0) is 24.2 Å². The average molecular weight is 126 g/mol. The predicted molar refractivity (Wildman–Crippen MR) is 41.3 cm³/mol. The van der Waals surface area contributed by atoms with Crippen LogP contribution in [0.5, 0.6) is 0 Å². The zero-order chi connectivity index (χ0) is 6.85. The Balaban J connectivity index is 2.11. The van der Waals surface area contributed by atoms with E-state index in [9.17, 15) is 0 Å². The van der Waals surface area contributed by atoms with Gasteiger partial charge in [-0.25, -0.2) is 0 Å². The van der Waals surface area contributed by atoms with Crippen LogP contribution in [0.2, 0.25) is 0 Å². The lowest BCUT2D eigenvalue weighted by molar-refractivity contribution is 0.444. The van der Waals surface area contributed by atoms with E-state index in [1.54, 1.807) is 0 Å². The first-order valence-corrected chi connectivity index (χ1v) is 4.25. The quantitative estimate of drug-likeness (QED) is 0.545. The van der Waals surface area contributed by atoms with Crippen molar-refractivity contribution in [3.8, 4) is 0 Å². The lowest BCUT2D eigenvalue weighted by atomic mass is 10.00. The van der Waals surface area contributed by atoms with E-state index in [1.807, 2.05) is 0 Å². The van der Waals surface area contributed by atoms with Gasteiger partial charge in [0.05, 0.1) is 0 Å². The van der Waals surface area contributed by atoms with Crippen LogP contribution < -0.4 is 0 Å². The van der Waals surface area contributed by atoms with Gasteiger partial charge < -0.3 is 0 Å². The van der Waals surface area contributed by atoms with Gasteiger partial charge in [0.25, 0.3) is 0 Å². The molecule has 0 heteroatoms. The Kier molecular flexibility index (Phi) is 2.15. The second-order valence-electron chi connectivity index (χ2n) is 3.64. The fourth-order valence-corrected chi connectivity index (χ4v) is 1.81.